The Labute approximate surface area is 227 Å². The third-order valence-corrected chi connectivity index (χ3v) is 9.89. The van der Waals surface area contributed by atoms with Gasteiger partial charge in [-0.05, 0) is 92.3 Å². The number of sulfonamides is 1. The molecule has 3 heterocycles. The lowest BCUT2D eigenvalue weighted by atomic mass is 9.69. The summed E-state index contributed by atoms with van der Waals surface area (Å²) in [6.07, 6.45) is 6.48. The predicted octanol–water partition coefficient (Wildman–Crippen LogP) is 4.20. The molecular formula is C29H31FN4O4S. The molecule has 2 aliphatic heterocycles. The van der Waals surface area contributed by atoms with Gasteiger partial charge in [-0.15, -0.1) is 0 Å². The third kappa shape index (κ3) is 4.45. The molecule has 1 atom stereocenters. The topological polar surface area (TPSA) is 84.7 Å². The van der Waals surface area contributed by atoms with Crippen LogP contribution in [0.4, 0.5) is 10.1 Å². The highest BCUT2D eigenvalue weighted by Crippen LogP contribution is 2.46. The number of esters is 1. The SMILES string of the molecule is CCOC(=O)[C@]12Cc3cnn(-c4ccc(F)cc4)c3C=C1CCN(S(=O)(=O)c1cccc(N3CCCC3)c1)C2. The number of nitrogens with zero attached hydrogens (tertiary/aromatic N) is 4. The molecule has 1 aromatic heterocycles. The highest BCUT2D eigenvalue weighted by atomic mass is 32.2. The summed E-state index contributed by atoms with van der Waals surface area (Å²) in [5.74, 6) is -0.763. The van der Waals surface area contributed by atoms with Crippen molar-refractivity contribution in [3.05, 3.63) is 77.4 Å². The average molecular weight is 551 g/mol. The van der Waals surface area contributed by atoms with E-state index in [0.29, 0.717) is 12.1 Å². The van der Waals surface area contributed by atoms with Gasteiger partial charge in [-0.1, -0.05) is 6.07 Å². The van der Waals surface area contributed by atoms with E-state index in [0.717, 1.165) is 48.4 Å². The Morgan fingerprint density at radius 3 is 2.59 bits per heavy atom. The molecule has 2 fully saturated rings. The number of halogens is 1. The molecule has 0 amide bonds. The zero-order valence-electron chi connectivity index (χ0n) is 21.8. The van der Waals surface area contributed by atoms with Gasteiger partial charge in [0.05, 0.1) is 29.1 Å². The van der Waals surface area contributed by atoms with E-state index < -0.39 is 21.4 Å². The van der Waals surface area contributed by atoms with Gasteiger partial charge in [0, 0.05) is 31.9 Å². The molecule has 2 aromatic carbocycles. The highest BCUT2D eigenvalue weighted by molar-refractivity contribution is 7.89. The van der Waals surface area contributed by atoms with Crippen molar-refractivity contribution in [2.45, 2.75) is 37.5 Å². The number of piperidine rings is 1. The van der Waals surface area contributed by atoms with Crippen molar-refractivity contribution in [3.63, 3.8) is 0 Å². The van der Waals surface area contributed by atoms with Gasteiger partial charge in [0.1, 0.15) is 11.2 Å². The molecule has 0 saturated carbocycles. The Kier molecular flexibility index (Phi) is 6.55. The second kappa shape index (κ2) is 9.91. The fourth-order valence-corrected chi connectivity index (χ4v) is 7.55. The highest BCUT2D eigenvalue weighted by Gasteiger charge is 2.52. The maximum atomic E-state index is 13.9. The van der Waals surface area contributed by atoms with Crippen LogP contribution in [-0.2, 0) is 26.0 Å². The van der Waals surface area contributed by atoms with Crippen LogP contribution in [0.2, 0.25) is 0 Å². The Morgan fingerprint density at radius 2 is 1.85 bits per heavy atom. The van der Waals surface area contributed by atoms with E-state index in [1.807, 2.05) is 12.1 Å². The van der Waals surface area contributed by atoms with Crippen LogP contribution in [0, 0.1) is 11.2 Å². The largest absolute Gasteiger partial charge is 0.465 e. The molecule has 1 aliphatic carbocycles. The van der Waals surface area contributed by atoms with E-state index in [2.05, 4.69) is 10.00 Å². The molecule has 204 valence electrons. The molecule has 2 saturated heterocycles. The molecule has 6 rings (SSSR count). The van der Waals surface area contributed by atoms with Crippen LogP contribution in [0.15, 0.2) is 65.2 Å². The first kappa shape index (κ1) is 25.8. The number of benzene rings is 2. The summed E-state index contributed by atoms with van der Waals surface area (Å²) >= 11 is 0. The zero-order chi connectivity index (χ0) is 27.2. The van der Waals surface area contributed by atoms with Gasteiger partial charge >= 0.3 is 5.97 Å². The number of hydrogen-bond donors (Lipinski definition) is 0. The average Bonchev–Trinajstić information content (AvgIpc) is 3.62. The molecule has 0 bridgehead atoms. The summed E-state index contributed by atoms with van der Waals surface area (Å²) < 4.78 is 50.0. The molecule has 3 aromatic rings. The lowest BCUT2D eigenvalue weighted by molar-refractivity contribution is -0.154. The second-order valence-corrected chi connectivity index (χ2v) is 12.3. The molecular weight excluding hydrogens is 519 g/mol. The van der Waals surface area contributed by atoms with Gasteiger partial charge in [-0.3, -0.25) is 4.79 Å². The summed E-state index contributed by atoms with van der Waals surface area (Å²) in [6, 6.07) is 13.2. The van der Waals surface area contributed by atoms with E-state index in [-0.39, 0.29) is 36.8 Å². The quantitative estimate of drug-likeness (QED) is 0.428. The van der Waals surface area contributed by atoms with Crippen LogP contribution in [0.1, 0.15) is 37.4 Å². The smallest absolute Gasteiger partial charge is 0.317 e. The maximum absolute atomic E-state index is 13.9. The lowest BCUT2D eigenvalue weighted by Crippen LogP contribution is -2.53. The van der Waals surface area contributed by atoms with Crippen molar-refractivity contribution in [2.24, 2.45) is 5.41 Å². The van der Waals surface area contributed by atoms with Crippen molar-refractivity contribution in [2.75, 3.05) is 37.7 Å². The Balaban J connectivity index is 1.35. The molecule has 0 radical (unpaired) electrons. The van der Waals surface area contributed by atoms with Crippen LogP contribution in [0.3, 0.4) is 0 Å². The second-order valence-electron chi connectivity index (χ2n) is 10.4. The van der Waals surface area contributed by atoms with E-state index in [9.17, 15) is 17.6 Å². The summed E-state index contributed by atoms with van der Waals surface area (Å²) in [5, 5.41) is 4.52. The third-order valence-electron chi connectivity index (χ3n) is 8.04. The van der Waals surface area contributed by atoms with Crippen LogP contribution in [-0.4, -0.2) is 61.3 Å². The molecule has 3 aliphatic rings. The van der Waals surface area contributed by atoms with Crippen LogP contribution in [0.5, 0.6) is 0 Å². The van der Waals surface area contributed by atoms with Gasteiger partial charge in [-0.2, -0.15) is 9.40 Å². The van der Waals surface area contributed by atoms with Gasteiger partial charge in [0.2, 0.25) is 10.0 Å². The number of aromatic nitrogens is 2. The summed E-state index contributed by atoms with van der Waals surface area (Å²) in [4.78, 5) is 16.0. The fraction of sp³-hybridized carbons (Fsp3) is 0.379. The van der Waals surface area contributed by atoms with Gasteiger partial charge in [0.15, 0.2) is 0 Å². The monoisotopic (exact) mass is 550 g/mol. The van der Waals surface area contributed by atoms with Crippen molar-refractivity contribution in [1.82, 2.24) is 14.1 Å². The summed E-state index contributed by atoms with van der Waals surface area (Å²) in [6.45, 7) is 4.03. The minimum Gasteiger partial charge on any atom is -0.465 e. The summed E-state index contributed by atoms with van der Waals surface area (Å²) in [5.41, 5.74) is 2.92. The first-order valence-corrected chi connectivity index (χ1v) is 14.8. The number of carbonyl (C=O) groups excluding carboxylic acids is 1. The minimum absolute atomic E-state index is 0.00485. The first-order valence-electron chi connectivity index (χ1n) is 13.4. The zero-order valence-corrected chi connectivity index (χ0v) is 22.7. The molecule has 0 unspecified atom stereocenters. The number of rotatable bonds is 6. The minimum atomic E-state index is -3.86. The fourth-order valence-electron chi connectivity index (χ4n) is 6.01. The van der Waals surface area contributed by atoms with Crippen molar-refractivity contribution in [3.8, 4) is 5.69 Å². The molecule has 0 spiro atoms. The first-order chi connectivity index (χ1) is 18.8. The normalized spacial score (nSPS) is 21.3. The van der Waals surface area contributed by atoms with Gasteiger partial charge < -0.3 is 9.64 Å². The van der Waals surface area contributed by atoms with E-state index in [1.165, 1.54) is 16.4 Å². The maximum Gasteiger partial charge on any atom is 0.317 e. The van der Waals surface area contributed by atoms with Crippen LogP contribution >= 0.6 is 0 Å². The van der Waals surface area contributed by atoms with E-state index in [4.69, 9.17) is 4.74 Å². The van der Waals surface area contributed by atoms with Crippen molar-refractivity contribution < 1.29 is 22.3 Å². The predicted molar refractivity (Wildman–Crippen MR) is 146 cm³/mol. The Hall–Kier alpha value is -3.50. The number of carbonyl (C=O) groups is 1. The molecule has 39 heavy (non-hydrogen) atoms. The molecule has 10 heteroatoms. The number of fused-ring (bicyclic) bond motifs is 2. The number of ether oxygens (including phenoxy) is 1. The van der Waals surface area contributed by atoms with Crippen molar-refractivity contribution in [1.29, 1.82) is 0 Å². The van der Waals surface area contributed by atoms with E-state index in [1.54, 1.807) is 48.1 Å². The summed E-state index contributed by atoms with van der Waals surface area (Å²) in [7, 11) is -3.86. The number of anilines is 1. The lowest BCUT2D eigenvalue weighted by Gasteiger charge is -2.44. The van der Waals surface area contributed by atoms with Crippen LogP contribution < -0.4 is 4.90 Å². The van der Waals surface area contributed by atoms with Gasteiger partial charge in [0.25, 0.3) is 0 Å². The van der Waals surface area contributed by atoms with Gasteiger partial charge in [-0.25, -0.2) is 17.5 Å². The van der Waals surface area contributed by atoms with Crippen molar-refractivity contribution >= 4 is 27.8 Å². The number of hydrogen-bond acceptors (Lipinski definition) is 6. The Morgan fingerprint density at radius 1 is 1.08 bits per heavy atom. The van der Waals surface area contributed by atoms with E-state index >= 15 is 0 Å². The molecule has 8 nitrogen and oxygen atoms in total. The van der Waals surface area contributed by atoms with Crippen LogP contribution in [0.25, 0.3) is 11.8 Å². The Bertz CT molecular complexity index is 1540. The standard InChI is InChI=1S/C29H31FN4O4S/c1-2-38-28(35)29-18-21-19-31-34(24-10-8-23(30)9-11-24)27(21)16-22(29)12-15-33(20-29)39(36,37)26-7-5-6-25(17-26)32-13-3-4-14-32/h5-11,16-17,19H,2-4,12-15,18,20H2,1H3/t29-/m0/s1. The molecule has 0 N–H and O–H groups in total.